The molecule has 4 aromatic heterocycles. The standard InChI is InChI=1S/C51H29N5OS/c1-2-13-31-28-33(27-26-30(31)12-1)49-52-48(53-50(54-49)39-20-10-18-36-35-16-4-7-23-42(35)57-47(36)39)32-14-9-15-34(29-32)55-40-21-5-3-17-37(40)45-38-19-11-25-44-46(38)56(51(45)55)41-22-6-8-24-43(41)58-44/h1-29H. The van der Waals surface area contributed by atoms with Crippen LogP contribution in [0.15, 0.2) is 190 Å². The van der Waals surface area contributed by atoms with Crippen LogP contribution in [-0.4, -0.2) is 24.1 Å². The third kappa shape index (κ3) is 4.53. The molecular formula is C51H29N5OS. The number of para-hydroxylation sites is 5. The second kappa shape index (κ2) is 12.0. The fourth-order valence-electron chi connectivity index (χ4n) is 8.98. The largest absolute Gasteiger partial charge is 0.455 e. The van der Waals surface area contributed by atoms with E-state index in [1.54, 1.807) is 0 Å². The second-order valence-corrected chi connectivity index (χ2v) is 15.9. The number of aromatic nitrogens is 5. The van der Waals surface area contributed by atoms with Crippen molar-refractivity contribution in [3.8, 4) is 45.5 Å². The van der Waals surface area contributed by atoms with Gasteiger partial charge in [-0.25, -0.2) is 15.0 Å². The van der Waals surface area contributed by atoms with Crippen LogP contribution in [0.5, 0.6) is 0 Å². The van der Waals surface area contributed by atoms with Gasteiger partial charge in [0.25, 0.3) is 0 Å². The van der Waals surface area contributed by atoms with Crippen LogP contribution in [0.1, 0.15) is 0 Å². The highest BCUT2D eigenvalue weighted by Crippen LogP contribution is 2.49. The number of furan rings is 1. The Hall–Kier alpha value is -7.48. The zero-order valence-electron chi connectivity index (χ0n) is 30.8. The summed E-state index contributed by atoms with van der Waals surface area (Å²) in [6.07, 6.45) is 0. The first-order valence-corrected chi connectivity index (χ1v) is 20.2. The summed E-state index contributed by atoms with van der Waals surface area (Å²) in [7, 11) is 0. The van der Waals surface area contributed by atoms with Gasteiger partial charge >= 0.3 is 0 Å². The molecule has 13 rings (SSSR count). The Bertz CT molecular complexity index is 3690. The van der Waals surface area contributed by atoms with E-state index in [-0.39, 0.29) is 0 Å². The quantitative estimate of drug-likeness (QED) is 0.179. The minimum atomic E-state index is 0.556. The molecule has 1 aliphatic rings. The lowest BCUT2D eigenvalue weighted by Gasteiger charge is -2.21. The highest BCUT2D eigenvalue weighted by Gasteiger charge is 2.28. The topological polar surface area (TPSA) is 61.7 Å². The minimum Gasteiger partial charge on any atom is -0.455 e. The Balaban J connectivity index is 1.07. The van der Waals surface area contributed by atoms with E-state index >= 15 is 0 Å². The Morgan fingerprint density at radius 1 is 0.466 bits per heavy atom. The van der Waals surface area contributed by atoms with Crippen molar-refractivity contribution in [2.45, 2.75) is 9.79 Å². The van der Waals surface area contributed by atoms with Crippen molar-refractivity contribution in [2.24, 2.45) is 0 Å². The Morgan fingerprint density at radius 2 is 1.16 bits per heavy atom. The molecule has 0 fully saturated rings. The Kier molecular flexibility index (Phi) is 6.56. The molecule has 0 bridgehead atoms. The number of nitrogens with zero attached hydrogens (tertiary/aromatic N) is 5. The van der Waals surface area contributed by atoms with E-state index < -0.39 is 0 Å². The minimum absolute atomic E-state index is 0.556. The van der Waals surface area contributed by atoms with Gasteiger partial charge in [-0.05, 0) is 65.4 Å². The number of fused-ring (bicyclic) bond motifs is 11. The summed E-state index contributed by atoms with van der Waals surface area (Å²) in [6, 6.07) is 61.9. The highest BCUT2D eigenvalue weighted by atomic mass is 32.2. The van der Waals surface area contributed by atoms with Gasteiger partial charge in [0.1, 0.15) is 16.8 Å². The van der Waals surface area contributed by atoms with Crippen LogP contribution in [-0.2, 0) is 0 Å². The van der Waals surface area contributed by atoms with E-state index in [9.17, 15) is 0 Å². The SMILES string of the molecule is c1cc(-c2nc(-c3ccc4ccccc4c3)nc(-c3cccc4c3oc3ccccc34)n2)cc(-n2c3ccccc3c3c4cccc5c4n(c32)-c2ccccc2S5)c1. The first-order chi connectivity index (χ1) is 28.7. The maximum Gasteiger partial charge on any atom is 0.167 e. The fourth-order valence-corrected chi connectivity index (χ4v) is 10.1. The lowest BCUT2D eigenvalue weighted by Crippen LogP contribution is -2.06. The average Bonchev–Trinajstić information content (AvgIpc) is 3.95. The molecule has 0 saturated carbocycles. The van der Waals surface area contributed by atoms with E-state index in [0.29, 0.717) is 17.5 Å². The van der Waals surface area contributed by atoms with Gasteiger partial charge in [0, 0.05) is 53.5 Å². The van der Waals surface area contributed by atoms with Gasteiger partial charge in [0.15, 0.2) is 17.5 Å². The molecule has 0 atom stereocenters. The van der Waals surface area contributed by atoms with Crippen molar-refractivity contribution < 1.29 is 4.42 Å². The van der Waals surface area contributed by atoms with Gasteiger partial charge in [-0.15, -0.1) is 0 Å². The Morgan fingerprint density at radius 3 is 2.09 bits per heavy atom. The van der Waals surface area contributed by atoms with E-state index in [0.717, 1.165) is 66.3 Å². The van der Waals surface area contributed by atoms with E-state index in [2.05, 4.69) is 161 Å². The summed E-state index contributed by atoms with van der Waals surface area (Å²) in [5.41, 5.74) is 9.94. The van der Waals surface area contributed by atoms with Crippen molar-refractivity contribution in [1.82, 2.24) is 24.1 Å². The molecule has 8 aromatic carbocycles. The van der Waals surface area contributed by atoms with Gasteiger partial charge in [-0.1, -0.05) is 133 Å². The average molecular weight is 760 g/mol. The number of benzene rings is 8. The van der Waals surface area contributed by atoms with Gasteiger partial charge in [0.05, 0.1) is 22.3 Å². The van der Waals surface area contributed by atoms with Crippen molar-refractivity contribution >= 4 is 77.3 Å². The van der Waals surface area contributed by atoms with Crippen LogP contribution in [0, 0.1) is 0 Å². The summed E-state index contributed by atoms with van der Waals surface area (Å²) in [4.78, 5) is 18.1. The second-order valence-electron chi connectivity index (χ2n) is 14.8. The van der Waals surface area contributed by atoms with E-state index in [1.807, 2.05) is 36.0 Å². The zero-order chi connectivity index (χ0) is 37.9. The van der Waals surface area contributed by atoms with Crippen LogP contribution in [0.2, 0.25) is 0 Å². The monoisotopic (exact) mass is 759 g/mol. The first kappa shape index (κ1) is 31.7. The molecule has 0 saturated heterocycles. The number of hydrogen-bond donors (Lipinski definition) is 0. The molecular weight excluding hydrogens is 731 g/mol. The molecule has 1 aliphatic heterocycles. The van der Waals surface area contributed by atoms with Crippen molar-refractivity contribution in [1.29, 1.82) is 0 Å². The first-order valence-electron chi connectivity index (χ1n) is 19.4. The summed E-state index contributed by atoms with van der Waals surface area (Å²) in [6.45, 7) is 0. The van der Waals surface area contributed by atoms with Gasteiger partial charge in [0.2, 0.25) is 0 Å². The normalized spacial score (nSPS) is 12.4. The van der Waals surface area contributed by atoms with Gasteiger partial charge < -0.3 is 4.42 Å². The maximum atomic E-state index is 6.51. The Labute approximate surface area is 335 Å². The predicted molar refractivity (Wildman–Crippen MR) is 236 cm³/mol. The molecule has 0 spiro atoms. The van der Waals surface area contributed by atoms with Crippen molar-refractivity contribution in [2.75, 3.05) is 0 Å². The third-order valence-corrected chi connectivity index (χ3v) is 12.6. The predicted octanol–water partition coefficient (Wildman–Crippen LogP) is 13.4. The molecule has 0 unspecified atom stereocenters. The summed E-state index contributed by atoms with van der Waals surface area (Å²) >= 11 is 1.84. The number of rotatable bonds is 4. The molecule has 58 heavy (non-hydrogen) atoms. The maximum absolute atomic E-state index is 6.51. The molecule has 0 radical (unpaired) electrons. The van der Waals surface area contributed by atoms with Crippen molar-refractivity contribution in [3.05, 3.63) is 176 Å². The van der Waals surface area contributed by atoms with E-state index in [4.69, 9.17) is 19.4 Å². The van der Waals surface area contributed by atoms with Crippen molar-refractivity contribution in [3.63, 3.8) is 0 Å². The summed E-state index contributed by atoms with van der Waals surface area (Å²) < 4.78 is 11.4. The molecule has 0 amide bonds. The van der Waals surface area contributed by atoms with Crippen LogP contribution < -0.4 is 0 Å². The molecule has 6 nitrogen and oxygen atoms in total. The molecule has 0 N–H and O–H groups in total. The van der Waals surface area contributed by atoms with Gasteiger partial charge in [-0.2, -0.15) is 0 Å². The molecule has 7 heteroatoms. The van der Waals surface area contributed by atoms with Gasteiger partial charge in [-0.3, -0.25) is 9.13 Å². The highest BCUT2D eigenvalue weighted by molar-refractivity contribution is 7.99. The molecule has 270 valence electrons. The summed E-state index contributed by atoms with van der Waals surface area (Å²) in [5.74, 6) is 1.74. The van der Waals surface area contributed by atoms with Crippen LogP contribution in [0.3, 0.4) is 0 Å². The van der Waals surface area contributed by atoms with Crippen LogP contribution in [0.4, 0.5) is 0 Å². The molecule has 12 aromatic rings. The van der Waals surface area contributed by atoms with Crippen LogP contribution >= 0.6 is 11.8 Å². The number of hydrogen-bond acceptors (Lipinski definition) is 5. The fraction of sp³-hybridized carbons (Fsp3) is 0. The molecule has 0 aliphatic carbocycles. The summed E-state index contributed by atoms with van der Waals surface area (Å²) in [5, 5.41) is 8.09. The molecule has 5 heterocycles. The van der Waals surface area contributed by atoms with Crippen LogP contribution in [0.25, 0.3) is 111 Å². The third-order valence-electron chi connectivity index (χ3n) is 11.5. The lowest BCUT2D eigenvalue weighted by molar-refractivity contribution is 0.669. The smallest absolute Gasteiger partial charge is 0.167 e. The zero-order valence-corrected chi connectivity index (χ0v) is 31.6. The lowest BCUT2D eigenvalue weighted by atomic mass is 10.1. The van der Waals surface area contributed by atoms with E-state index in [1.165, 1.54) is 37.2 Å².